The molecule has 3 rings (SSSR count). The number of nitrogens with zero attached hydrogens (tertiary/aromatic N) is 2. The van der Waals surface area contributed by atoms with Crippen molar-refractivity contribution in [3.63, 3.8) is 0 Å². The maximum Gasteiger partial charge on any atom is 0.282 e. The minimum absolute atomic E-state index is 0.00135. The fourth-order valence-electron chi connectivity index (χ4n) is 2.91. The summed E-state index contributed by atoms with van der Waals surface area (Å²) in [6, 6.07) is 15.0. The van der Waals surface area contributed by atoms with E-state index in [2.05, 4.69) is 5.32 Å². The van der Waals surface area contributed by atoms with Crippen LogP contribution in [0.2, 0.25) is 0 Å². The number of nitro benzene ring substituents is 1. The maximum atomic E-state index is 12.4. The average Bonchev–Trinajstić information content (AvgIpc) is 2.94. The third-order valence-electron chi connectivity index (χ3n) is 4.11. The number of nitro groups is 1. The van der Waals surface area contributed by atoms with E-state index in [1.807, 2.05) is 30.3 Å². The second kappa shape index (κ2) is 7.12. The van der Waals surface area contributed by atoms with Gasteiger partial charge in [-0.05, 0) is 11.6 Å². The molecule has 1 fully saturated rings. The van der Waals surface area contributed by atoms with Gasteiger partial charge in [0.1, 0.15) is 5.56 Å². The quantitative estimate of drug-likeness (QED) is 0.667. The van der Waals surface area contributed by atoms with Crippen molar-refractivity contribution in [3.8, 4) is 0 Å². The summed E-state index contributed by atoms with van der Waals surface area (Å²) in [6.45, 7) is 0.873. The van der Waals surface area contributed by atoms with Gasteiger partial charge in [-0.2, -0.15) is 0 Å². The van der Waals surface area contributed by atoms with Gasteiger partial charge in [0.15, 0.2) is 0 Å². The highest BCUT2D eigenvalue weighted by molar-refractivity contribution is 5.98. The zero-order chi connectivity index (χ0) is 17.8. The highest BCUT2D eigenvalue weighted by Crippen LogP contribution is 2.19. The summed E-state index contributed by atoms with van der Waals surface area (Å²) < 4.78 is 0. The fourth-order valence-corrected chi connectivity index (χ4v) is 2.91. The molecular weight excluding hydrogens is 322 g/mol. The molecule has 0 radical (unpaired) electrons. The molecule has 0 aromatic heterocycles. The first-order chi connectivity index (χ1) is 12.0. The minimum Gasteiger partial charge on any atom is -0.347 e. The lowest BCUT2D eigenvalue weighted by Gasteiger charge is -2.17. The molecule has 128 valence electrons. The summed E-state index contributed by atoms with van der Waals surface area (Å²) in [6.07, 6.45) is 0.194. The molecule has 7 heteroatoms. The standard InChI is InChI=1S/C18H17N3O4/c22-17-10-14(12-20(17)11-13-6-2-1-3-7-13)19-18(23)15-8-4-5-9-16(15)21(24)25/h1-9,14H,10-12H2,(H,19,23)/t14-/m0/s1. The number of rotatable bonds is 5. The van der Waals surface area contributed by atoms with E-state index in [1.54, 1.807) is 11.0 Å². The van der Waals surface area contributed by atoms with Crippen LogP contribution in [-0.4, -0.2) is 34.2 Å². The molecule has 1 N–H and O–H groups in total. The van der Waals surface area contributed by atoms with E-state index in [0.717, 1.165) is 5.56 Å². The maximum absolute atomic E-state index is 12.4. The van der Waals surface area contributed by atoms with Crippen molar-refractivity contribution in [2.75, 3.05) is 6.54 Å². The Hall–Kier alpha value is -3.22. The molecule has 1 heterocycles. The van der Waals surface area contributed by atoms with E-state index >= 15 is 0 Å². The van der Waals surface area contributed by atoms with E-state index in [9.17, 15) is 19.7 Å². The highest BCUT2D eigenvalue weighted by Gasteiger charge is 2.31. The number of carbonyl (C=O) groups excluding carboxylic acids is 2. The van der Waals surface area contributed by atoms with Gasteiger partial charge in [0.2, 0.25) is 5.91 Å². The number of benzene rings is 2. The summed E-state index contributed by atoms with van der Waals surface area (Å²) in [5, 5.41) is 13.8. The second-order valence-electron chi connectivity index (χ2n) is 5.91. The van der Waals surface area contributed by atoms with E-state index in [0.29, 0.717) is 13.1 Å². The van der Waals surface area contributed by atoms with Crippen molar-refractivity contribution in [3.05, 3.63) is 75.8 Å². The van der Waals surface area contributed by atoms with Gasteiger partial charge in [0.05, 0.1) is 11.0 Å². The van der Waals surface area contributed by atoms with Crippen molar-refractivity contribution < 1.29 is 14.5 Å². The smallest absolute Gasteiger partial charge is 0.282 e. The molecule has 2 aromatic carbocycles. The van der Waals surface area contributed by atoms with Gasteiger partial charge < -0.3 is 10.2 Å². The van der Waals surface area contributed by atoms with E-state index in [4.69, 9.17) is 0 Å². The first kappa shape index (κ1) is 16.6. The average molecular weight is 339 g/mol. The van der Waals surface area contributed by atoms with Crippen molar-refractivity contribution in [1.82, 2.24) is 10.2 Å². The van der Waals surface area contributed by atoms with Crippen LogP contribution in [-0.2, 0) is 11.3 Å². The Balaban J connectivity index is 1.65. The van der Waals surface area contributed by atoms with Crippen LogP contribution in [0.1, 0.15) is 22.3 Å². The van der Waals surface area contributed by atoms with Gasteiger partial charge in [-0.3, -0.25) is 19.7 Å². The normalized spacial score (nSPS) is 16.7. The van der Waals surface area contributed by atoms with Crippen LogP contribution in [0, 0.1) is 10.1 Å². The van der Waals surface area contributed by atoms with Crippen LogP contribution in [0.4, 0.5) is 5.69 Å². The molecule has 1 aliphatic rings. The summed E-state index contributed by atoms with van der Waals surface area (Å²) >= 11 is 0. The number of hydrogen-bond acceptors (Lipinski definition) is 4. The molecule has 0 saturated carbocycles. The molecule has 0 spiro atoms. The van der Waals surface area contributed by atoms with Crippen molar-refractivity contribution in [2.24, 2.45) is 0 Å². The number of nitrogens with one attached hydrogen (secondary N) is 1. The van der Waals surface area contributed by atoms with Crippen LogP contribution in [0.3, 0.4) is 0 Å². The van der Waals surface area contributed by atoms with Crippen LogP contribution < -0.4 is 5.32 Å². The SMILES string of the molecule is O=C(N[C@H]1CC(=O)N(Cc2ccccc2)C1)c1ccccc1[N+](=O)[O-]. The Morgan fingerprint density at radius 3 is 2.56 bits per heavy atom. The second-order valence-corrected chi connectivity index (χ2v) is 5.91. The lowest BCUT2D eigenvalue weighted by Crippen LogP contribution is -2.37. The predicted molar refractivity (Wildman–Crippen MR) is 90.8 cm³/mol. The zero-order valence-corrected chi connectivity index (χ0v) is 13.4. The van der Waals surface area contributed by atoms with Gasteiger partial charge in [-0.25, -0.2) is 0 Å². The summed E-state index contributed by atoms with van der Waals surface area (Å²) in [4.78, 5) is 36.6. The topological polar surface area (TPSA) is 92.6 Å². The fraction of sp³-hybridized carbons (Fsp3) is 0.222. The molecule has 1 aliphatic heterocycles. The molecule has 0 unspecified atom stereocenters. The number of likely N-dealkylation sites (tertiary alicyclic amines) is 1. The number of carbonyl (C=O) groups is 2. The Bertz CT molecular complexity index is 807. The molecule has 0 bridgehead atoms. The van der Waals surface area contributed by atoms with Crippen molar-refractivity contribution in [1.29, 1.82) is 0 Å². The first-order valence-corrected chi connectivity index (χ1v) is 7.90. The highest BCUT2D eigenvalue weighted by atomic mass is 16.6. The third kappa shape index (κ3) is 3.82. The summed E-state index contributed by atoms with van der Waals surface area (Å²) in [5.41, 5.74) is 0.772. The Morgan fingerprint density at radius 2 is 1.84 bits per heavy atom. The molecule has 7 nitrogen and oxygen atoms in total. The monoisotopic (exact) mass is 339 g/mol. The Kier molecular flexibility index (Phi) is 4.74. The summed E-state index contributed by atoms with van der Waals surface area (Å²) in [5.74, 6) is -0.580. The van der Waals surface area contributed by atoms with Crippen LogP contribution in [0.25, 0.3) is 0 Å². The molecule has 1 atom stereocenters. The van der Waals surface area contributed by atoms with E-state index in [-0.39, 0.29) is 29.6 Å². The largest absolute Gasteiger partial charge is 0.347 e. The molecule has 0 aliphatic carbocycles. The van der Waals surface area contributed by atoms with Gasteiger partial charge in [-0.15, -0.1) is 0 Å². The van der Waals surface area contributed by atoms with Gasteiger partial charge >= 0.3 is 0 Å². The Labute approximate surface area is 144 Å². The van der Waals surface area contributed by atoms with E-state index < -0.39 is 10.8 Å². The van der Waals surface area contributed by atoms with Crippen molar-refractivity contribution in [2.45, 2.75) is 19.0 Å². The molecule has 2 aromatic rings. The summed E-state index contributed by atoms with van der Waals surface area (Å²) in [7, 11) is 0. The number of amides is 2. The molecule has 1 saturated heterocycles. The van der Waals surface area contributed by atoms with E-state index in [1.165, 1.54) is 18.2 Å². The molecular formula is C18H17N3O4. The first-order valence-electron chi connectivity index (χ1n) is 7.90. The number of hydrogen-bond donors (Lipinski definition) is 1. The minimum atomic E-state index is -0.587. The lowest BCUT2D eigenvalue weighted by atomic mass is 10.1. The van der Waals surface area contributed by atoms with Gasteiger partial charge in [0.25, 0.3) is 11.6 Å². The van der Waals surface area contributed by atoms with Gasteiger partial charge in [-0.1, -0.05) is 42.5 Å². The third-order valence-corrected chi connectivity index (χ3v) is 4.11. The van der Waals surface area contributed by atoms with Crippen LogP contribution >= 0.6 is 0 Å². The Morgan fingerprint density at radius 1 is 1.16 bits per heavy atom. The molecule has 25 heavy (non-hydrogen) atoms. The van der Waals surface area contributed by atoms with Crippen molar-refractivity contribution >= 4 is 17.5 Å². The lowest BCUT2D eigenvalue weighted by molar-refractivity contribution is -0.385. The zero-order valence-electron chi connectivity index (χ0n) is 13.4. The molecule has 2 amide bonds. The predicted octanol–water partition coefficient (Wildman–Crippen LogP) is 2.13. The van der Waals surface area contributed by atoms with Crippen LogP contribution in [0.5, 0.6) is 0 Å². The van der Waals surface area contributed by atoms with Gasteiger partial charge in [0, 0.05) is 25.6 Å². The van der Waals surface area contributed by atoms with Crippen LogP contribution in [0.15, 0.2) is 54.6 Å². The number of para-hydroxylation sites is 1.